The van der Waals surface area contributed by atoms with Gasteiger partial charge in [-0.05, 0) is 38.3 Å². The smallest absolute Gasteiger partial charge is 0.339 e. The summed E-state index contributed by atoms with van der Waals surface area (Å²) in [6, 6.07) is 3.94. The number of hydrogen-bond donors (Lipinski definition) is 1. The van der Waals surface area contributed by atoms with Crippen LogP contribution in [0.1, 0.15) is 36.5 Å². The molecule has 0 amide bonds. The van der Waals surface area contributed by atoms with Crippen LogP contribution in [-0.4, -0.2) is 36.8 Å². The molecule has 0 bridgehead atoms. The van der Waals surface area contributed by atoms with E-state index in [0.29, 0.717) is 24.3 Å². The number of aromatic nitrogens is 1. The van der Waals surface area contributed by atoms with Crippen LogP contribution < -0.4 is 5.32 Å². The van der Waals surface area contributed by atoms with Gasteiger partial charge in [0.15, 0.2) is 0 Å². The number of hydrogen-bond acceptors (Lipinski definition) is 5. The summed E-state index contributed by atoms with van der Waals surface area (Å²) in [5.74, 6) is 0.455. The molecule has 19 heavy (non-hydrogen) atoms. The van der Waals surface area contributed by atoms with E-state index >= 15 is 0 Å². The highest BCUT2D eigenvalue weighted by atomic mass is 16.5. The standard InChI is InChI=1S/C14H20N2O3/c1-3-19-14(17)10-4-7-13(15-9-10)16-11-5-6-12(8-11)18-2/h4,7,9,11-12H,3,5-6,8H2,1-2H3,(H,15,16). The van der Waals surface area contributed by atoms with Gasteiger partial charge in [0.25, 0.3) is 0 Å². The van der Waals surface area contributed by atoms with Crippen molar-refractivity contribution in [3.8, 4) is 0 Å². The Morgan fingerprint density at radius 1 is 1.47 bits per heavy atom. The zero-order valence-corrected chi connectivity index (χ0v) is 11.4. The van der Waals surface area contributed by atoms with Crippen LogP contribution in [0, 0.1) is 0 Å². The fourth-order valence-corrected chi connectivity index (χ4v) is 2.31. The highest BCUT2D eigenvalue weighted by Crippen LogP contribution is 2.24. The minimum absolute atomic E-state index is 0.332. The first-order valence-corrected chi connectivity index (χ1v) is 6.65. The summed E-state index contributed by atoms with van der Waals surface area (Å²) in [5.41, 5.74) is 0.480. The lowest BCUT2D eigenvalue weighted by Gasteiger charge is -2.13. The molecule has 1 heterocycles. The zero-order valence-electron chi connectivity index (χ0n) is 11.4. The second kappa shape index (κ2) is 6.52. The Balaban J connectivity index is 1.90. The van der Waals surface area contributed by atoms with Crippen molar-refractivity contribution >= 4 is 11.8 Å². The van der Waals surface area contributed by atoms with E-state index < -0.39 is 0 Å². The monoisotopic (exact) mass is 264 g/mol. The van der Waals surface area contributed by atoms with Crippen molar-refractivity contribution in [3.05, 3.63) is 23.9 Å². The van der Waals surface area contributed by atoms with Gasteiger partial charge in [0, 0.05) is 19.3 Å². The molecule has 104 valence electrons. The molecule has 5 heteroatoms. The molecule has 5 nitrogen and oxygen atoms in total. The summed E-state index contributed by atoms with van der Waals surface area (Å²) >= 11 is 0. The normalized spacial score (nSPS) is 22.2. The maximum absolute atomic E-state index is 11.5. The Hall–Kier alpha value is -1.62. The molecule has 0 spiro atoms. The van der Waals surface area contributed by atoms with Gasteiger partial charge in [0.05, 0.1) is 18.3 Å². The van der Waals surface area contributed by atoms with E-state index in [4.69, 9.17) is 9.47 Å². The number of methoxy groups -OCH3 is 1. The van der Waals surface area contributed by atoms with E-state index in [1.807, 2.05) is 6.07 Å². The van der Waals surface area contributed by atoms with E-state index in [0.717, 1.165) is 25.1 Å². The molecule has 0 aromatic carbocycles. The third-order valence-electron chi connectivity index (χ3n) is 3.34. The SMILES string of the molecule is CCOC(=O)c1ccc(NC2CCC(OC)C2)nc1. The van der Waals surface area contributed by atoms with Crippen molar-refractivity contribution in [2.75, 3.05) is 19.0 Å². The second-order valence-corrected chi connectivity index (χ2v) is 4.66. The lowest BCUT2D eigenvalue weighted by atomic mass is 10.2. The van der Waals surface area contributed by atoms with Crippen molar-refractivity contribution < 1.29 is 14.3 Å². The minimum Gasteiger partial charge on any atom is -0.462 e. The quantitative estimate of drug-likeness (QED) is 0.826. The third kappa shape index (κ3) is 3.67. The van der Waals surface area contributed by atoms with Gasteiger partial charge in [-0.25, -0.2) is 9.78 Å². The predicted octanol–water partition coefficient (Wildman–Crippen LogP) is 2.24. The van der Waals surface area contributed by atoms with Crippen LogP contribution in [0.3, 0.4) is 0 Å². The molecule has 2 rings (SSSR count). The molecular formula is C14H20N2O3. The summed E-state index contributed by atoms with van der Waals surface area (Å²) in [7, 11) is 1.75. The van der Waals surface area contributed by atoms with Gasteiger partial charge in [-0.15, -0.1) is 0 Å². The summed E-state index contributed by atoms with van der Waals surface area (Å²) in [4.78, 5) is 15.7. The van der Waals surface area contributed by atoms with Gasteiger partial charge in [0.2, 0.25) is 0 Å². The Labute approximate surface area is 113 Å². The second-order valence-electron chi connectivity index (χ2n) is 4.66. The number of anilines is 1. The van der Waals surface area contributed by atoms with E-state index in [2.05, 4.69) is 10.3 Å². The molecule has 1 aromatic rings. The maximum Gasteiger partial charge on any atom is 0.339 e. The van der Waals surface area contributed by atoms with E-state index in [-0.39, 0.29) is 5.97 Å². The Morgan fingerprint density at radius 3 is 2.89 bits per heavy atom. The predicted molar refractivity (Wildman–Crippen MR) is 72.3 cm³/mol. The molecule has 1 aromatic heterocycles. The molecule has 2 atom stereocenters. The topological polar surface area (TPSA) is 60.5 Å². The molecule has 0 radical (unpaired) electrons. The fourth-order valence-electron chi connectivity index (χ4n) is 2.31. The Bertz CT molecular complexity index is 419. The van der Waals surface area contributed by atoms with Crippen LogP contribution in [0.25, 0.3) is 0 Å². The molecule has 0 aliphatic heterocycles. The molecular weight excluding hydrogens is 244 g/mol. The van der Waals surface area contributed by atoms with Crippen LogP contribution in [0.2, 0.25) is 0 Å². The van der Waals surface area contributed by atoms with Crippen LogP contribution in [0.15, 0.2) is 18.3 Å². The van der Waals surface area contributed by atoms with E-state index in [1.54, 1.807) is 26.3 Å². The Kier molecular flexibility index (Phi) is 4.74. The largest absolute Gasteiger partial charge is 0.462 e. The zero-order chi connectivity index (χ0) is 13.7. The van der Waals surface area contributed by atoms with Crippen LogP contribution >= 0.6 is 0 Å². The highest BCUT2D eigenvalue weighted by molar-refractivity contribution is 5.89. The Morgan fingerprint density at radius 2 is 2.32 bits per heavy atom. The van der Waals surface area contributed by atoms with Gasteiger partial charge < -0.3 is 14.8 Å². The van der Waals surface area contributed by atoms with Gasteiger partial charge in [-0.3, -0.25) is 0 Å². The molecule has 1 N–H and O–H groups in total. The summed E-state index contributed by atoms with van der Waals surface area (Å²) < 4.78 is 10.2. The van der Waals surface area contributed by atoms with Crippen molar-refractivity contribution in [2.45, 2.75) is 38.3 Å². The molecule has 1 aliphatic carbocycles. The summed E-state index contributed by atoms with van der Waals surface area (Å²) in [6.07, 6.45) is 5.05. The van der Waals surface area contributed by atoms with Crippen molar-refractivity contribution in [1.29, 1.82) is 0 Å². The molecule has 1 fully saturated rings. The summed E-state index contributed by atoms with van der Waals surface area (Å²) in [6.45, 7) is 2.16. The number of ether oxygens (including phenoxy) is 2. The maximum atomic E-state index is 11.5. The summed E-state index contributed by atoms with van der Waals surface area (Å²) in [5, 5.41) is 3.36. The van der Waals surface area contributed by atoms with Crippen LogP contribution in [-0.2, 0) is 9.47 Å². The average Bonchev–Trinajstić information content (AvgIpc) is 2.87. The van der Waals surface area contributed by atoms with Crippen LogP contribution in [0.4, 0.5) is 5.82 Å². The molecule has 1 saturated carbocycles. The van der Waals surface area contributed by atoms with Gasteiger partial charge in [-0.2, -0.15) is 0 Å². The number of rotatable bonds is 5. The number of carbonyl (C=O) groups excluding carboxylic acids is 1. The first-order chi connectivity index (χ1) is 9.22. The minimum atomic E-state index is -0.332. The van der Waals surface area contributed by atoms with Crippen molar-refractivity contribution in [3.63, 3.8) is 0 Å². The lowest BCUT2D eigenvalue weighted by Crippen LogP contribution is -2.18. The van der Waals surface area contributed by atoms with E-state index in [1.165, 1.54) is 0 Å². The average molecular weight is 264 g/mol. The lowest BCUT2D eigenvalue weighted by molar-refractivity contribution is 0.0526. The van der Waals surface area contributed by atoms with Gasteiger partial charge in [0.1, 0.15) is 5.82 Å². The van der Waals surface area contributed by atoms with Crippen LogP contribution in [0.5, 0.6) is 0 Å². The van der Waals surface area contributed by atoms with E-state index in [9.17, 15) is 4.79 Å². The van der Waals surface area contributed by atoms with Crippen molar-refractivity contribution in [2.24, 2.45) is 0 Å². The first kappa shape index (κ1) is 13.8. The number of pyridine rings is 1. The molecule has 0 saturated heterocycles. The number of nitrogens with zero attached hydrogens (tertiary/aromatic N) is 1. The number of nitrogens with one attached hydrogen (secondary N) is 1. The number of esters is 1. The molecule has 2 unspecified atom stereocenters. The third-order valence-corrected chi connectivity index (χ3v) is 3.34. The highest BCUT2D eigenvalue weighted by Gasteiger charge is 2.24. The van der Waals surface area contributed by atoms with Crippen molar-refractivity contribution in [1.82, 2.24) is 4.98 Å². The fraction of sp³-hybridized carbons (Fsp3) is 0.571. The number of carbonyl (C=O) groups is 1. The molecule has 1 aliphatic rings. The van der Waals surface area contributed by atoms with Gasteiger partial charge in [-0.1, -0.05) is 0 Å². The van der Waals surface area contributed by atoms with Gasteiger partial charge >= 0.3 is 5.97 Å². The first-order valence-electron chi connectivity index (χ1n) is 6.65.